The molecule has 0 aliphatic carbocycles. The average molecular weight is 617 g/mol. The van der Waals surface area contributed by atoms with Crippen molar-refractivity contribution in [2.24, 2.45) is 0 Å². The Balaban J connectivity index is 1.22. The molecule has 1 fully saturated rings. The fraction of sp³-hybridized carbons (Fsp3) is 0.321. The van der Waals surface area contributed by atoms with Gasteiger partial charge in [0.15, 0.2) is 0 Å². The van der Waals surface area contributed by atoms with Gasteiger partial charge in [-0.25, -0.2) is 9.36 Å². The summed E-state index contributed by atoms with van der Waals surface area (Å²) in [6, 6.07) is 15.4. The van der Waals surface area contributed by atoms with Crippen LogP contribution in [-0.4, -0.2) is 72.3 Å². The highest BCUT2D eigenvalue weighted by molar-refractivity contribution is 6.40. The standard InChI is InChI=1S/C28H28Cl3N7O3/c1-18-14-35(28(40)25-8-9-26(39)37(33-25)10-11-41-22-6-4-3-5-7-22)15-19(2)36(18)16-21-17-38(34-32-21)27-23(30)12-20(29)13-24(27)31/h3-9,12-13,17-19H,10-11,14-16H2,1-2H3/t18-,19+. The fourth-order valence-electron chi connectivity index (χ4n) is 4.91. The van der Waals surface area contributed by atoms with Gasteiger partial charge in [0.1, 0.15) is 23.7 Å². The third-order valence-electron chi connectivity index (χ3n) is 6.89. The first-order chi connectivity index (χ1) is 19.7. The van der Waals surface area contributed by atoms with E-state index in [0.29, 0.717) is 46.1 Å². The molecule has 3 heterocycles. The van der Waals surface area contributed by atoms with Crippen LogP contribution in [-0.2, 0) is 13.1 Å². The Kier molecular flexibility index (Phi) is 8.94. The van der Waals surface area contributed by atoms with E-state index in [-0.39, 0.29) is 42.4 Å². The molecule has 13 heteroatoms. The van der Waals surface area contributed by atoms with Crippen LogP contribution in [0.4, 0.5) is 0 Å². The number of para-hydroxylation sites is 1. The first kappa shape index (κ1) is 29.1. The van der Waals surface area contributed by atoms with E-state index in [1.54, 1.807) is 23.2 Å². The smallest absolute Gasteiger partial charge is 0.274 e. The minimum absolute atomic E-state index is 0.0285. The Morgan fingerprint density at radius 2 is 1.68 bits per heavy atom. The number of halogens is 3. The molecule has 10 nitrogen and oxygen atoms in total. The second-order valence-corrected chi connectivity index (χ2v) is 11.1. The highest BCUT2D eigenvalue weighted by Crippen LogP contribution is 2.32. The van der Waals surface area contributed by atoms with Gasteiger partial charge in [0.05, 0.1) is 28.5 Å². The lowest BCUT2D eigenvalue weighted by Gasteiger charge is -2.44. The van der Waals surface area contributed by atoms with Gasteiger partial charge in [-0.3, -0.25) is 14.5 Å². The van der Waals surface area contributed by atoms with Crippen molar-refractivity contribution in [1.29, 1.82) is 0 Å². The van der Waals surface area contributed by atoms with Gasteiger partial charge >= 0.3 is 0 Å². The number of benzene rings is 2. The highest BCUT2D eigenvalue weighted by Gasteiger charge is 2.33. The van der Waals surface area contributed by atoms with Crippen LogP contribution in [0.1, 0.15) is 30.0 Å². The van der Waals surface area contributed by atoms with Gasteiger partial charge < -0.3 is 9.64 Å². The molecule has 2 aromatic heterocycles. The van der Waals surface area contributed by atoms with Crippen LogP contribution in [0, 0.1) is 0 Å². The van der Waals surface area contributed by atoms with E-state index in [0.717, 1.165) is 5.69 Å². The summed E-state index contributed by atoms with van der Waals surface area (Å²) >= 11 is 18.7. The number of hydrogen-bond acceptors (Lipinski definition) is 7. The number of carbonyl (C=O) groups excluding carboxylic acids is 1. The van der Waals surface area contributed by atoms with Gasteiger partial charge in [-0.2, -0.15) is 5.10 Å². The summed E-state index contributed by atoms with van der Waals surface area (Å²) in [4.78, 5) is 29.8. The summed E-state index contributed by atoms with van der Waals surface area (Å²) in [5, 5.41) is 14.0. The van der Waals surface area contributed by atoms with Crippen molar-refractivity contribution in [2.45, 2.75) is 39.0 Å². The molecular weight excluding hydrogens is 589 g/mol. The molecule has 1 aliphatic rings. The Morgan fingerprint density at radius 1 is 1.00 bits per heavy atom. The molecule has 0 radical (unpaired) electrons. The molecule has 0 saturated carbocycles. The van der Waals surface area contributed by atoms with E-state index < -0.39 is 0 Å². The zero-order valence-electron chi connectivity index (χ0n) is 22.5. The fourth-order valence-corrected chi connectivity index (χ4v) is 5.90. The van der Waals surface area contributed by atoms with Crippen LogP contribution in [0.15, 0.2) is 65.6 Å². The summed E-state index contributed by atoms with van der Waals surface area (Å²) in [7, 11) is 0. The second kappa shape index (κ2) is 12.6. The molecular formula is C28H28Cl3N7O3. The summed E-state index contributed by atoms with van der Waals surface area (Å²) in [6.45, 7) is 6.10. The lowest BCUT2D eigenvalue weighted by Crippen LogP contribution is -2.57. The SMILES string of the molecule is C[C@@H]1CN(C(=O)c2ccc(=O)n(CCOc3ccccc3)n2)C[C@H](C)N1Cc1cn(-c2c(Cl)cc(Cl)cc2Cl)nn1. The number of rotatable bonds is 8. The number of hydrogen-bond donors (Lipinski definition) is 0. The monoisotopic (exact) mass is 615 g/mol. The molecule has 1 amide bonds. The third-order valence-corrected chi connectivity index (χ3v) is 7.68. The molecule has 4 aromatic rings. The zero-order valence-corrected chi connectivity index (χ0v) is 24.7. The predicted octanol–water partition coefficient (Wildman–Crippen LogP) is 4.60. The summed E-state index contributed by atoms with van der Waals surface area (Å²) in [5.41, 5.74) is 1.17. The van der Waals surface area contributed by atoms with Crippen LogP contribution in [0.5, 0.6) is 5.75 Å². The molecule has 2 aromatic carbocycles. The number of carbonyl (C=O) groups is 1. The van der Waals surface area contributed by atoms with Gasteiger partial charge in [-0.15, -0.1) is 5.10 Å². The van der Waals surface area contributed by atoms with Crippen molar-refractivity contribution >= 4 is 40.7 Å². The van der Waals surface area contributed by atoms with E-state index >= 15 is 0 Å². The van der Waals surface area contributed by atoms with Gasteiger partial charge in [0.2, 0.25) is 0 Å². The van der Waals surface area contributed by atoms with Gasteiger partial charge in [-0.05, 0) is 44.2 Å². The van der Waals surface area contributed by atoms with Crippen LogP contribution in [0.2, 0.25) is 15.1 Å². The van der Waals surface area contributed by atoms with Gasteiger partial charge in [-0.1, -0.05) is 58.2 Å². The van der Waals surface area contributed by atoms with E-state index in [4.69, 9.17) is 39.5 Å². The second-order valence-electron chi connectivity index (χ2n) is 9.89. The number of nitrogens with zero attached hydrogens (tertiary/aromatic N) is 7. The maximum absolute atomic E-state index is 13.4. The van der Waals surface area contributed by atoms with Crippen molar-refractivity contribution < 1.29 is 9.53 Å². The molecule has 0 unspecified atom stereocenters. The number of amides is 1. The molecule has 5 rings (SSSR count). The van der Waals surface area contributed by atoms with Crippen LogP contribution in [0.25, 0.3) is 5.69 Å². The van der Waals surface area contributed by atoms with Crippen molar-refractivity contribution in [1.82, 2.24) is 34.6 Å². The summed E-state index contributed by atoms with van der Waals surface area (Å²) < 4.78 is 8.49. The van der Waals surface area contributed by atoms with E-state index in [2.05, 4.69) is 34.2 Å². The molecule has 2 atom stereocenters. The van der Waals surface area contributed by atoms with E-state index in [1.165, 1.54) is 21.5 Å². The molecule has 1 saturated heterocycles. The summed E-state index contributed by atoms with van der Waals surface area (Å²) in [6.07, 6.45) is 1.78. The highest BCUT2D eigenvalue weighted by atomic mass is 35.5. The average Bonchev–Trinajstić information content (AvgIpc) is 3.39. The number of aromatic nitrogens is 5. The van der Waals surface area contributed by atoms with E-state index in [1.807, 2.05) is 30.3 Å². The predicted molar refractivity (Wildman–Crippen MR) is 157 cm³/mol. The molecule has 41 heavy (non-hydrogen) atoms. The topological polar surface area (TPSA) is 98.4 Å². The molecule has 0 spiro atoms. The van der Waals surface area contributed by atoms with Gasteiger partial charge in [0.25, 0.3) is 11.5 Å². The largest absolute Gasteiger partial charge is 0.492 e. The Hall–Kier alpha value is -3.44. The van der Waals surface area contributed by atoms with Crippen molar-refractivity contribution in [2.75, 3.05) is 19.7 Å². The molecule has 1 aliphatic heterocycles. The third kappa shape index (κ3) is 6.73. The quantitative estimate of drug-likeness (QED) is 0.285. The lowest BCUT2D eigenvalue weighted by molar-refractivity contribution is 0.0258. The van der Waals surface area contributed by atoms with Crippen molar-refractivity contribution in [3.8, 4) is 11.4 Å². The Morgan fingerprint density at radius 3 is 2.37 bits per heavy atom. The normalized spacial score (nSPS) is 17.5. The first-order valence-electron chi connectivity index (χ1n) is 13.1. The van der Waals surface area contributed by atoms with Crippen molar-refractivity contribution in [3.63, 3.8) is 0 Å². The Labute approximate surface area is 252 Å². The molecule has 0 bridgehead atoms. The molecule has 0 N–H and O–H groups in total. The van der Waals surface area contributed by atoms with Crippen LogP contribution < -0.4 is 10.3 Å². The lowest BCUT2D eigenvalue weighted by atomic mass is 10.1. The van der Waals surface area contributed by atoms with Crippen LogP contribution in [0.3, 0.4) is 0 Å². The summed E-state index contributed by atoms with van der Waals surface area (Å²) in [5.74, 6) is 0.479. The molecule has 214 valence electrons. The Bertz CT molecular complexity index is 1560. The van der Waals surface area contributed by atoms with Gasteiger partial charge in [0, 0.05) is 42.8 Å². The number of ether oxygens (including phenoxy) is 1. The number of piperazine rings is 1. The minimum Gasteiger partial charge on any atom is -0.492 e. The zero-order chi connectivity index (χ0) is 29.1. The minimum atomic E-state index is -0.293. The first-order valence-corrected chi connectivity index (χ1v) is 14.2. The maximum atomic E-state index is 13.4. The van der Waals surface area contributed by atoms with E-state index in [9.17, 15) is 9.59 Å². The maximum Gasteiger partial charge on any atom is 0.274 e. The van der Waals surface area contributed by atoms with Crippen molar-refractivity contribution in [3.05, 3.63) is 97.6 Å². The van der Waals surface area contributed by atoms with Crippen LogP contribution >= 0.6 is 34.8 Å².